The highest BCUT2D eigenvalue weighted by molar-refractivity contribution is 7.91. The van der Waals surface area contributed by atoms with Gasteiger partial charge in [0.25, 0.3) is 0 Å². The van der Waals surface area contributed by atoms with Crippen molar-refractivity contribution in [3.63, 3.8) is 0 Å². The molecule has 0 radical (unpaired) electrons. The molecule has 0 aliphatic carbocycles. The third-order valence-corrected chi connectivity index (χ3v) is 5.22. The Morgan fingerprint density at radius 1 is 1.44 bits per heavy atom. The van der Waals surface area contributed by atoms with Crippen LogP contribution in [0.2, 0.25) is 5.02 Å². The van der Waals surface area contributed by atoms with E-state index < -0.39 is 15.8 Å². The average molecular weight is 288 g/mol. The van der Waals surface area contributed by atoms with Crippen molar-refractivity contribution in [3.05, 3.63) is 28.8 Å². The van der Waals surface area contributed by atoms with E-state index in [1.54, 1.807) is 12.1 Å². The van der Waals surface area contributed by atoms with Crippen LogP contribution in [0.15, 0.2) is 18.2 Å². The van der Waals surface area contributed by atoms with Crippen LogP contribution >= 0.6 is 11.6 Å². The predicted octanol–water partition coefficient (Wildman–Crippen LogP) is 2.02. The number of benzene rings is 1. The van der Waals surface area contributed by atoms with E-state index in [-0.39, 0.29) is 17.4 Å². The van der Waals surface area contributed by atoms with Crippen LogP contribution in [-0.2, 0) is 14.6 Å². The molecule has 6 heteroatoms. The molecule has 1 heterocycles. The van der Waals surface area contributed by atoms with Crippen molar-refractivity contribution in [2.24, 2.45) is 5.92 Å². The first-order valence-corrected chi connectivity index (χ1v) is 7.85. The van der Waals surface area contributed by atoms with Gasteiger partial charge in [0.15, 0.2) is 9.84 Å². The van der Waals surface area contributed by atoms with Gasteiger partial charge >= 0.3 is 0 Å². The Morgan fingerprint density at radius 2 is 2.17 bits per heavy atom. The number of aryl methyl sites for hydroxylation is 1. The molecule has 0 unspecified atom stereocenters. The minimum absolute atomic E-state index is 0.0571. The van der Waals surface area contributed by atoms with Crippen molar-refractivity contribution in [2.75, 3.05) is 16.8 Å². The molecule has 1 N–H and O–H groups in total. The number of sulfone groups is 1. The van der Waals surface area contributed by atoms with Crippen LogP contribution in [0.4, 0.5) is 5.69 Å². The zero-order chi connectivity index (χ0) is 13.3. The Labute approximate surface area is 111 Å². The molecule has 0 spiro atoms. The maximum atomic E-state index is 11.9. The Morgan fingerprint density at radius 3 is 2.72 bits per heavy atom. The lowest BCUT2D eigenvalue weighted by Gasteiger charge is -2.10. The zero-order valence-corrected chi connectivity index (χ0v) is 11.5. The quantitative estimate of drug-likeness (QED) is 0.905. The lowest BCUT2D eigenvalue weighted by Crippen LogP contribution is -2.23. The molecule has 1 saturated heterocycles. The minimum atomic E-state index is -3.03. The third kappa shape index (κ3) is 3.03. The molecule has 4 nitrogen and oxygen atoms in total. The monoisotopic (exact) mass is 287 g/mol. The first kappa shape index (κ1) is 13.4. The molecule has 0 saturated carbocycles. The summed E-state index contributed by atoms with van der Waals surface area (Å²) in [5, 5.41) is 3.28. The summed E-state index contributed by atoms with van der Waals surface area (Å²) >= 11 is 5.96. The summed E-state index contributed by atoms with van der Waals surface area (Å²) in [6.45, 7) is 1.87. The van der Waals surface area contributed by atoms with E-state index in [4.69, 9.17) is 11.6 Å². The van der Waals surface area contributed by atoms with Gasteiger partial charge in [-0.05, 0) is 31.0 Å². The summed E-state index contributed by atoms with van der Waals surface area (Å²) < 4.78 is 22.6. The van der Waals surface area contributed by atoms with Gasteiger partial charge in [-0.15, -0.1) is 0 Å². The lowest BCUT2D eigenvalue weighted by atomic mass is 10.1. The normalized spacial score (nSPS) is 21.8. The number of halogens is 1. The molecule has 0 bridgehead atoms. The summed E-state index contributed by atoms with van der Waals surface area (Å²) in [5.41, 5.74) is 1.53. The van der Waals surface area contributed by atoms with Crippen molar-refractivity contribution in [1.82, 2.24) is 0 Å². The molecular weight excluding hydrogens is 274 g/mol. The van der Waals surface area contributed by atoms with Crippen LogP contribution in [0.3, 0.4) is 0 Å². The van der Waals surface area contributed by atoms with E-state index in [2.05, 4.69) is 5.32 Å². The second-order valence-corrected chi connectivity index (χ2v) is 7.19. The molecule has 1 fully saturated rings. The molecule has 1 amide bonds. The van der Waals surface area contributed by atoms with Crippen molar-refractivity contribution >= 4 is 33.0 Å². The third-order valence-electron chi connectivity index (χ3n) is 3.04. The van der Waals surface area contributed by atoms with Gasteiger partial charge in [0.1, 0.15) is 0 Å². The number of hydrogen-bond donors (Lipinski definition) is 1. The number of nitrogens with one attached hydrogen (secondary N) is 1. The Balaban J connectivity index is 2.06. The Hall–Kier alpha value is -1.07. The van der Waals surface area contributed by atoms with Crippen LogP contribution in [-0.4, -0.2) is 25.8 Å². The largest absolute Gasteiger partial charge is 0.326 e. The van der Waals surface area contributed by atoms with Crippen molar-refractivity contribution in [3.8, 4) is 0 Å². The van der Waals surface area contributed by atoms with Crippen LogP contribution in [0.1, 0.15) is 12.0 Å². The SMILES string of the molecule is Cc1ccc(NC(=O)[C@@H]2CCS(=O)(=O)C2)cc1Cl. The van der Waals surface area contributed by atoms with Crippen LogP contribution < -0.4 is 5.32 Å². The van der Waals surface area contributed by atoms with E-state index in [9.17, 15) is 13.2 Å². The number of carbonyl (C=O) groups is 1. The number of amides is 1. The summed E-state index contributed by atoms with van der Waals surface area (Å²) in [7, 11) is -3.03. The van der Waals surface area contributed by atoms with Gasteiger partial charge in [0, 0.05) is 10.7 Å². The highest BCUT2D eigenvalue weighted by Gasteiger charge is 2.32. The van der Waals surface area contributed by atoms with Gasteiger partial charge < -0.3 is 5.32 Å². The van der Waals surface area contributed by atoms with Gasteiger partial charge in [0.2, 0.25) is 5.91 Å². The fourth-order valence-corrected chi connectivity index (χ4v) is 3.84. The second-order valence-electron chi connectivity index (χ2n) is 4.55. The number of carbonyl (C=O) groups excluding carboxylic acids is 1. The summed E-state index contributed by atoms with van der Waals surface area (Å²) in [5.74, 6) is -0.663. The predicted molar refractivity (Wildman–Crippen MR) is 71.6 cm³/mol. The first-order chi connectivity index (χ1) is 8.37. The zero-order valence-electron chi connectivity index (χ0n) is 9.94. The van der Waals surface area contributed by atoms with Crippen molar-refractivity contribution in [2.45, 2.75) is 13.3 Å². The maximum absolute atomic E-state index is 11.9. The smallest absolute Gasteiger partial charge is 0.228 e. The highest BCUT2D eigenvalue weighted by Crippen LogP contribution is 2.23. The fourth-order valence-electron chi connectivity index (χ4n) is 1.92. The van der Waals surface area contributed by atoms with Gasteiger partial charge in [0.05, 0.1) is 17.4 Å². The fraction of sp³-hybridized carbons (Fsp3) is 0.417. The topological polar surface area (TPSA) is 63.2 Å². The number of anilines is 1. The van der Waals surface area contributed by atoms with Gasteiger partial charge in [-0.25, -0.2) is 8.42 Å². The average Bonchev–Trinajstić information content (AvgIpc) is 2.64. The van der Waals surface area contributed by atoms with Gasteiger partial charge in [-0.1, -0.05) is 17.7 Å². The molecule has 2 rings (SSSR count). The first-order valence-electron chi connectivity index (χ1n) is 5.65. The summed E-state index contributed by atoms with van der Waals surface area (Å²) in [6, 6.07) is 5.23. The van der Waals surface area contributed by atoms with Crippen LogP contribution in [0.25, 0.3) is 0 Å². The summed E-state index contributed by atoms with van der Waals surface area (Å²) in [4.78, 5) is 11.9. The summed E-state index contributed by atoms with van der Waals surface area (Å²) in [6.07, 6.45) is 0.397. The highest BCUT2D eigenvalue weighted by atomic mass is 35.5. The van der Waals surface area contributed by atoms with E-state index in [0.717, 1.165) is 5.56 Å². The van der Waals surface area contributed by atoms with Gasteiger partial charge in [-0.3, -0.25) is 4.79 Å². The number of hydrogen-bond acceptors (Lipinski definition) is 3. The Bertz CT molecular complexity index is 583. The second kappa shape index (κ2) is 4.90. The minimum Gasteiger partial charge on any atom is -0.326 e. The van der Waals surface area contributed by atoms with Crippen molar-refractivity contribution < 1.29 is 13.2 Å². The molecule has 0 aromatic heterocycles. The molecule has 1 aliphatic rings. The van der Waals surface area contributed by atoms with E-state index in [0.29, 0.717) is 17.1 Å². The van der Waals surface area contributed by atoms with Gasteiger partial charge in [-0.2, -0.15) is 0 Å². The van der Waals surface area contributed by atoms with Crippen LogP contribution in [0, 0.1) is 12.8 Å². The van der Waals surface area contributed by atoms with E-state index in [1.807, 2.05) is 13.0 Å². The molecule has 98 valence electrons. The molecule has 18 heavy (non-hydrogen) atoms. The lowest BCUT2D eigenvalue weighted by molar-refractivity contribution is -0.119. The molecule has 1 aliphatic heterocycles. The van der Waals surface area contributed by atoms with E-state index in [1.165, 1.54) is 0 Å². The molecule has 1 aromatic carbocycles. The molecule has 1 atom stereocenters. The molecule has 1 aromatic rings. The van der Waals surface area contributed by atoms with E-state index >= 15 is 0 Å². The number of rotatable bonds is 2. The van der Waals surface area contributed by atoms with Crippen LogP contribution in [0.5, 0.6) is 0 Å². The standard InChI is InChI=1S/C12H14ClNO3S/c1-8-2-3-10(6-11(8)13)14-12(15)9-4-5-18(16,17)7-9/h2-3,6,9H,4-5,7H2,1H3,(H,14,15)/t9-/m1/s1. The molecular formula is C12H14ClNO3S. The maximum Gasteiger partial charge on any atom is 0.228 e. The Kier molecular flexibility index (Phi) is 3.64. The van der Waals surface area contributed by atoms with Crippen molar-refractivity contribution in [1.29, 1.82) is 0 Å².